The molecule has 0 bridgehead atoms. The maximum atomic E-state index is 12.3. The lowest BCUT2D eigenvalue weighted by molar-refractivity contribution is 0.0927. The molecule has 2 aromatic rings. The van der Waals surface area contributed by atoms with E-state index in [-0.39, 0.29) is 11.7 Å². The molecule has 2 heterocycles. The Morgan fingerprint density at radius 2 is 2.12 bits per heavy atom. The molecule has 17 heavy (non-hydrogen) atoms. The highest BCUT2D eigenvalue weighted by Gasteiger charge is 2.28. The number of hydrogen-bond donors (Lipinski definition) is 1. The van der Waals surface area contributed by atoms with Crippen molar-refractivity contribution in [3.8, 4) is 0 Å². The molecule has 1 N–H and O–H groups in total. The third-order valence-corrected chi connectivity index (χ3v) is 3.17. The molecule has 0 aliphatic carbocycles. The Morgan fingerprint density at radius 3 is 2.94 bits per heavy atom. The van der Waals surface area contributed by atoms with Gasteiger partial charge in [0.25, 0.3) is 0 Å². The number of hydrogen-bond acceptors (Lipinski definition) is 3. The van der Waals surface area contributed by atoms with Gasteiger partial charge in [-0.05, 0) is 23.3 Å². The van der Waals surface area contributed by atoms with Crippen LogP contribution in [0.25, 0.3) is 0 Å². The summed E-state index contributed by atoms with van der Waals surface area (Å²) in [4.78, 5) is 12.3. The van der Waals surface area contributed by atoms with Gasteiger partial charge in [-0.15, -0.1) is 0 Å². The first-order chi connectivity index (χ1) is 8.36. The van der Waals surface area contributed by atoms with Gasteiger partial charge in [0.1, 0.15) is 0 Å². The van der Waals surface area contributed by atoms with Gasteiger partial charge in [0.15, 0.2) is 5.76 Å². The molecule has 1 atom stereocenters. The Labute approximate surface area is 99.4 Å². The first-order valence-corrected chi connectivity index (χ1v) is 5.72. The summed E-state index contributed by atoms with van der Waals surface area (Å²) < 4.78 is 5.19. The number of benzene rings is 1. The second-order valence-electron chi connectivity index (χ2n) is 4.22. The number of Topliss-reactive ketones (excluding diaryl/α,β-unsaturated/α-hetero) is 1. The zero-order valence-electron chi connectivity index (χ0n) is 9.35. The average Bonchev–Trinajstić information content (AvgIpc) is 2.91. The van der Waals surface area contributed by atoms with Crippen molar-refractivity contribution in [2.24, 2.45) is 0 Å². The first-order valence-electron chi connectivity index (χ1n) is 5.72. The van der Waals surface area contributed by atoms with Gasteiger partial charge in [0, 0.05) is 13.1 Å². The molecule has 0 saturated heterocycles. The molecule has 3 heteroatoms. The van der Waals surface area contributed by atoms with Crippen LogP contribution in [0.1, 0.15) is 27.6 Å². The minimum absolute atomic E-state index is 0.0506. The fraction of sp³-hybridized carbons (Fsp3) is 0.214. The molecule has 0 radical (unpaired) electrons. The normalized spacial score (nSPS) is 18.7. The van der Waals surface area contributed by atoms with Crippen LogP contribution in [0.4, 0.5) is 0 Å². The first kappa shape index (κ1) is 10.3. The van der Waals surface area contributed by atoms with E-state index in [1.807, 2.05) is 18.2 Å². The SMILES string of the molecule is O=C(c1ccco1)C1CNCc2ccccc21. The summed E-state index contributed by atoms with van der Waals surface area (Å²) >= 11 is 0. The van der Waals surface area contributed by atoms with Gasteiger partial charge >= 0.3 is 0 Å². The number of rotatable bonds is 2. The van der Waals surface area contributed by atoms with Crippen LogP contribution in [0.3, 0.4) is 0 Å². The average molecular weight is 227 g/mol. The molecule has 86 valence electrons. The summed E-state index contributed by atoms with van der Waals surface area (Å²) in [6, 6.07) is 11.5. The summed E-state index contributed by atoms with van der Waals surface area (Å²) in [5.74, 6) is 0.356. The third-order valence-electron chi connectivity index (χ3n) is 3.17. The number of carbonyl (C=O) groups is 1. The summed E-state index contributed by atoms with van der Waals surface area (Å²) in [7, 11) is 0. The van der Waals surface area contributed by atoms with Crippen LogP contribution in [-0.4, -0.2) is 12.3 Å². The summed E-state index contributed by atoms with van der Waals surface area (Å²) in [5.41, 5.74) is 2.32. The van der Waals surface area contributed by atoms with Gasteiger partial charge in [0.2, 0.25) is 5.78 Å². The Kier molecular flexibility index (Phi) is 2.53. The van der Waals surface area contributed by atoms with E-state index >= 15 is 0 Å². The number of nitrogens with one attached hydrogen (secondary N) is 1. The van der Waals surface area contributed by atoms with E-state index in [2.05, 4.69) is 11.4 Å². The van der Waals surface area contributed by atoms with E-state index in [0.29, 0.717) is 12.3 Å². The van der Waals surface area contributed by atoms with Crippen molar-refractivity contribution < 1.29 is 9.21 Å². The van der Waals surface area contributed by atoms with Gasteiger partial charge in [-0.25, -0.2) is 0 Å². The van der Waals surface area contributed by atoms with Crippen LogP contribution >= 0.6 is 0 Å². The maximum Gasteiger partial charge on any atom is 0.206 e. The van der Waals surface area contributed by atoms with Crippen molar-refractivity contribution in [1.82, 2.24) is 5.32 Å². The quantitative estimate of drug-likeness (QED) is 0.801. The van der Waals surface area contributed by atoms with E-state index in [1.165, 1.54) is 11.8 Å². The highest BCUT2D eigenvalue weighted by molar-refractivity contribution is 5.99. The van der Waals surface area contributed by atoms with E-state index in [9.17, 15) is 4.79 Å². The lowest BCUT2D eigenvalue weighted by Crippen LogP contribution is -2.32. The van der Waals surface area contributed by atoms with Crippen LogP contribution in [0.5, 0.6) is 0 Å². The number of fused-ring (bicyclic) bond motifs is 1. The van der Waals surface area contributed by atoms with Crippen molar-refractivity contribution in [3.05, 3.63) is 59.5 Å². The number of ketones is 1. The minimum atomic E-state index is -0.133. The molecule has 1 aliphatic heterocycles. The molecule has 0 saturated carbocycles. The third kappa shape index (κ3) is 1.78. The number of furan rings is 1. The van der Waals surface area contributed by atoms with Crippen LogP contribution in [0, 0.1) is 0 Å². The molecule has 1 unspecified atom stereocenters. The Balaban J connectivity index is 1.98. The molecular formula is C14H13NO2. The van der Waals surface area contributed by atoms with E-state index in [1.54, 1.807) is 12.1 Å². The van der Waals surface area contributed by atoms with Crippen LogP contribution < -0.4 is 5.32 Å². The van der Waals surface area contributed by atoms with Gasteiger partial charge < -0.3 is 9.73 Å². The van der Waals surface area contributed by atoms with Crippen LogP contribution in [-0.2, 0) is 6.54 Å². The largest absolute Gasteiger partial charge is 0.461 e. The van der Waals surface area contributed by atoms with Crippen molar-refractivity contribution in [1.29, 1.82) is 0 Å². The van der Waals surface area contributed by atoms with Crippen molar-refractivity contribution in [2.75, 3.05) is 6.54 Å². The predicted molar refractivity (Wildman–Crippen MR) is 63.9 cm³/mol. The van der Waals surface area contributed by atoms with E-state index in [4.69, 9.17) is 4.42 Å². The number of carbonyl (C=O) groups excluding carboxylic acids is 1. The smallest absolute Gasteiger partial charge is 0.206 e. The molecule has 1 aliphatic rings. The van der Waals surface area contributed by atoms with Gasteiger partial charge in [-0.1, -0.05) is 24.3 Å². The topological polar surface area (TPSA) is 42.2 Å². The summed E-state index contributed by atoms with van der Waals surface area (Å²) in [6.45, 7) is 1.51. The Morgan fingerprint density at radius 1 is 1.24 bits per heavy atom. The summed E-state index contributed by atoms with van der Waals surface area (Å²) in [6.07, 6.45) is 1.54. The fourth-order valence-electron chi connectivity index (χ4n) is 2.32. The van der Waals surface area contributed by atoms with Gasteiger partial charge in [-0.2, -0.15) is 0 Å². The monoisotopic (exact) mass is 227 g/mol. The molecule has 3 nitrogen and oxygen atoms in total. The Hall–Kier alpha value is -1.87. The molecule has 0 amide bonds. The Bertz CT molecular complexity index is 531. The molecular weight excluding hydrogens is 214 g/mol. The van der Waals surface area contributed by atoms with Crippen LogP contribution in [0.15, 0.2) is 47.1 Å². The second kappa shape index (κ2) is 4.18. The molecule has 1 aromatic carbocycles. The van der Waals surface area contributed by atoms with Crippen molar-refractivity contribution in [2.45, 2.75) is 12.5 Å². The maximum absolute atomic E-state index is 12.3. The van der Waals surface area contributed by atoms with E-state index in [0.717, 1.165) is 12.1 Å². The minimum Gasteiger partial charge on any atom is -0.461 e. The van der Waals surface area contributed by atoms with Crippen molar-refractivity contribution in [3.63, 3.8) is 0 Å². The lowest BCUT2D eigenvalue weighted by Gasteiger charge is -2.24. The highest BCUT2D eigenvalue weighted by Crippen LogP contribution is 2.27. The van der Waals surface area contributed by atoms with Gasteiger partial charge in [-0.3, -0.25) is 4.79 Å². The molecule has 1 aromatic heterocycles. The predicted octanol–water partition coefficient (Wildman–Crippen LogP) is 2.35. The molecule has 0 fully saturated rings. The van der Waals surface area contributed by atoms with E-state index < -0.39 is 0 Å². The second-order valence-corrected chi connectivity index (χ2v) is 4.22. The molecule has 3 rings (SSSR count). The lowest BCUT2D eigenvalue weighted by atomic mass is 9.87. The summed E-state index contributed by atoms with van der Waals surface area (Å²) in [5, 5.41) is 3.27. The zero-order valence-corrected chi connectivity index (χ0v) is 9.35. The molecule has 0 spiro atoms. The highest BCUT2D eigenvalue weighted by atomic mass is 16.3. The zero-order chi connectivity index (χ0) is 11.7. The van der Waals surface area contributed by atoms with Crippen molar-refractivity contribution >= 4 is 5.78 Å². The van der Waals surface area contributed by atoms with Gasteiger partial charge in [0.05, 0.1) is 12.2 Å². The van der Waals surface area contributed by atoms with Crippen LogP contribution in [0.2, 0.25) is 0 Å². The fourth-order valence-corrected chi connectivity index (χ4v) is 2.32. The standard InChI is InChI=1S/C14H13NO2/c16-14(13-6-3-7-17-13)12-9-15-8-10-4-1-2-5-11(10)12/h1-7,12,15H,8-9H2.